The van der Waals surface area contributed by atoms with Crippen LogP contribution in [0.3, 0.4) is 0 Å². The lowest BCUT2D eigenvalue weighted by Crippen LogP contribution is -2.30. The SMILES string of the molecule is CC1(C)CCN(C(=O)c2cccc(N)c2[N+](=O)[O-])C1. The summed E-state index contributed by atoms with van der Waals surface area (Å²) in [7, 11) is 0. The minimum absolute atomic E-state index is 0.0225. The zero-order valence-corrected chi connectivity index (χ0v) is 11.0. The van der Waals surface area contributed by atoms with Gasteiger partial charge < -0.3 is 10.6 Å². The van der Waals surface area contributed by atoms with Crippen LogP contribution in [0.2, 0.25) is 0 Å². The van der Waals surface area contributed by atoms with Crippen molar-refractivity contribution in [3.63, 3.8) is 0 Å². The average molecular weight is 263 g/mol. The van der Waals surface area contributed by atoms with Crippen molar-refractivity contribution in [3.8, 4) is 0 Å². The molecule has 1 aliphatic rings. The van der Waals surface area contributed by atoms with Gasteiger partial charge in [-0.1, -0.05) is 19.9 Å². The summed E-state index contributed by atoms with van der Waals surface area (Å²) < 4.78 is 0. The molecule has 0 bridgehead atoms. The lowest BCUT2D eigenvalue weighted by atomic mass is 9.93. The molecule has 1 aromatic rings. The third-order valence-electron chi connectivity index (χ3n) is 3.44. The van der Waals surface area contributed by atoms with Gasteiger partial charge in [-0.2, -0.15) is 0 Å². The lowest BCUT2D eigenvalue weighted by molar-refractivity contribution is -0.384. The second kappa shape index (κ2) is 4.53. The van der Waals surface area contributed by atoms with E-state index in [0.29, 0.717) is 13.1 Å². The maximum atomic E-state index is 12.4. The fourth-order valence-electron chi connectivity index (χ4n) is 2.39. The predicted molar refractivity (Wildman–Crippen MR) is 71.8 cm³/mol. The van der Waals surface area contributed by atoms with Gasteiger partial charge in [0.2, 0.25) is 0 Å². The van der Waals surface area contributed by atoms with Gasteiger partial charge in [-0.25, -0.2) is 0 Å². The van der Waals surface area contributed by atoms with E-state index in [1.54, 1.807) is 11.0 Å². The van der Waals surface area contributed by atoms with Crippen LogP contribution in [0.4, 0.5) is 11.4 Å². The van der Waals surface area contributed by atoms with Crippen LogP contribution >= 0.6 is 0 Å². The highest BCUT2D eigenvalue weighted by molar-refractivity contribution is 6.00. The van der Waals surface area contributed by atoms with Gasteiger partial charge >= 0.3 is 5.69 Å². The first-order valence-electron chi connectivity index (χ1n) is 6.14. The van der Waals surface area contributed by atoms with Gasteiger partial charge in [-0.3, -0.25) is 14.9 Å². The van der Waals surface area contributed by atoms with E-state index >= 15 is 0 Å². The Morgan fingerprint density at radius 1 is 1.47 bits per heavy atom. The van der Waals surface area contributed by atoms with Gasteiger partial charge in [-0.15, -0.1) is 0 Å². The Morgan fingerprint density at radius 2 is 2.16 bits per heavy atom. The standard InChI is InChI=1S/C13H17N3O3/c1-13(2)6-7-15(8-13)12(17)9-4-3-5-10(14)11(9)16(18)19/h3-5H,6-8,14H2,1-2H3. The molecule has 2 N–H and O–H groups in total. The number of hydrogen-bond acceptors (Lipinski definition) is 4. The number of nitrogen functional groups attached to an aromatic ring is 1. The zero-order chi connectivity index (χ0) is 14.2. The largest absolute Gasteiger partial charge is 0.393 e. The van der Waals surface area contributed by atoms with Crippen molar-refractivity contribution in [1.82, 2.24) is 4.90 Å². The molecule has 6 heteroatoms. The molecule has 19 heavy (non-hydrogen) atoms. The number of anilines is 1. The molecule has 1 saturated heterocycles. The van der Waals surface area contributed by atoms with Crippen LogP contribution in [0.25, 0.3) is 0 Å². The molecule has 1 fully saturated rings. The number of amides is 1. The molecule has 0 aliphatic carbocycles. The number of nitrogens with two attached hydrogens (primary N) is 1. The average Bonchev–Trinajstić information content (AvgIpc) is 2.68. The summed E-state index contributed by atoms with van der Waals surface area (Å²) in [5.41, 5.74) is 5.46. The Morgan fingerprint density at radius 3 is 2.68 bits per heavy atom. The van der Waals surface area contributed by atoms with Gasteiger partial charge in [0.25, 0.3) is 5.91 Å². The van der Waals surface area contributed by atoms with E-state index in [2.05, 4.69) is 13.8 Å². The fourth-order valence-corrected chi connectivity index (χ4v) is 2.39. The van der Waals surface area contributed by atoms with Crippen molar-refractivity contribution in [3.05, 3.63) is 33.9 Å². The van der Waals surface area contributed by atoms with Crippen LogP contribution in [0.1, 0.15) is 30.6 Å². The van der Waals surface area contributed by atoms with E-state index in [4.69, 9.17) is 5.73 Å². The smallest absolute Gasteiger partial charge is 0.304 e. The predicted octanol–water partition coefficient (Wildman–Crippen LogP) is 2.05. The number of para-hydroxylation sites is 1. The van der Waals surface area contributed by atoms with Crippen LogP contribution in [-0.2, 0) is 0 Å². The Hall–Kier alpha value is -2.11. The normalized spacial score (nSPS) is 17.5. The third-order valence-corrected chi connectivity index (χ3v) is 3.44. The molecular weight excluding hydrogens is 246 g/mol. The number of nitro benzene ring substituents is 1. The first-order chi connectivity index (χ1) is 8.82. The second-order valence-corrected chi connectivity index (χ2v) is 5.64. The Kier molecular flexibility index (Phi) is 3.18. The summed E-state index contributed by atoms with van der Waals surface area (Å²) in [6.45, 7) is 5.39. The summed E-state index contributed by atoms with van der Waals surface area (Å²) in [4.78, 5) is 24.5. The van der Waals surface area contributed by atoms with Crippen LogP contribution in [0.15, 0.2) is 18.2 Å². The molecular formula is C13H17N3O3. The Labute approximate surface area is 111 Å². The quantitative estimate of drug-likeness (QED) is 0.502. The molecule has 0 atom stereocenters. The zero-order valence-electron chi connectivity index (χ0n) is 11.0. The van der Waals surface area contributed by atoms with E-state index in [0.717, 1.165) is 6.42 Å². The van der Waals surface area contributed by atoms with Gasteiger partial charge in [0.1, 0.15) is 11.3 Å². The van der Waals surface area contributed by atoms with Crippen molar-refractivity contribution in [2.24, 2.45) is 5.41 Å². The molecule has 0 unspecified atom stereocenters. The molecule has 6 nitrogen and oxygen atoms in total. The molecule has 0 aromatic heterocycles. The highest BCUT2D eigenvalue weighted by Gasteiger charge is 2.35. The highest BCUT2D eigenvalue weighted by atomic mass is 16.6. The number of carbonyl (C=O) groups excluding carboxylic acids is 1. The van der Waals surface area contributed by atoms with Crippen molar-refractivity contribution < 1.29 is 9.72 Å². The van der Waals surface area contributed by atoms with E-state index in [1.165, 1.54) is 12.1 Å². The number of likely N-dealkylation sites (tertiary alicyclic amines) is 1. The number of nitro groups is 1. The monoisotopic (exact) mass is 263 g/mol. The number of nitrogens with zero attached hydrogens (tertiary/aromatic N) is 2. The van der Waals surface area contributed by atoms with Crippen molar-refractivity contribution >= 4 is 17.3 Å². The van der Waals surface area contributed by atoms with Gasteiger partial charge in [-0.05, 0) is 24.0 Å². The van der Waals surface area contributed by atoms with E-state index in [-0.39, 0.29) is 28.3 Å². The lowest BCUT2D eigenvalue weighted by Gasteiger charge is -2.20. The molecule has 0 radical (unpaired) electrons. The Balaban J connectivity index is 2.35. The molecule has 0 spiro atoms. The van der Waals surface area contributed by atoms with Crippen molar-refractivity contribution in [2.75, 3.05) is 18.8 Å². The van der Waals surface area contributed by atoms with Crippen LogP contribution < -0.4 is 5.73 Å². The van der Waals surface area contributed by atoms with Gasteiger partial charge in [0.05, 0.1) is 4.92 Å². The molecule has 1 heterocycles. The molecule has 102 valence electrons. The topological polar surface area (TPSA) is 89.5 Å². The van der Waals surface area contributed by atoms with Gasteiger partial charge in [0, 0.05) is 13.1 Å². The maximum absolute atomic E-state index is 12.4. The van der Waals surface area contributed by atoms with Crippen LogP contribution in [0, 0.1) is 15.5 Å². The fraction of sp³-hybridized carbons (Fsp3) is 0.462. The molecule has 1 amide bonds. The van der Waals surface area contributed by atoms with E-state index in [1.807, 2.05) is 0 Å². The number of hydrogen-bond donors (Lipinski definition) is 1. The Bertz CT molecular complexity index is 540. The summed E-state index contributed by atoms with van der Waals surface area (Å²) >= 11 is 0. The van der Waals surface area contributed by atoms with Crippen molar-refractivity contribution in [2.45, 2.75) is 20.3 Å². The summed E-state index contributed by atoms with van der Waals surface area (Å²) in [5.74, 6) is -0.315. The maximum Gasteiger partial charge on any atom is 0.304 e. The summed E-state index contributed by atoms with van der Waals surface area (Å²) in [6, 6.07) is 4.46. The minimum atomic E-state index is -0.593. The third kappa shape index (κ3) is 2.52. The first-order valence-corrected chi connectivity index (χ1v) is 6.14. The molecule has 2 rings (SSSR count). The summed E-state index contributed by atoms with van der Waals surface area (Å²) in [5, 5.41) is 11.0. The number of rotatable bonds is 2. The number of carbonyl (C=O) groups is 1. The highest BCUT2D eigenvalue weighted by Crippen LogP contribution is 2.32. The second-order valence-electron chi connectivity index (χ2n) is 5.64. The number of benzene rings is 1. The van der Waals surface area contributed by atoms with E-state index < -0.39 is 4.92 Å². The molecule has 1 aromatic carbocycles. The van der Waals surface area contributed by atoms with Crippen LogP contribution in [-0.4, -0.2) is 28.8 Å². The van der Waals surface area contributed by atoms with Crippen LogP contribution in [0.5, 0.6) is 0 Å². The van der Waals surface area contributed by atoms with E-state index in [9.17, 15) is 14.9 Å². The summed E-state index contributed by atoms with van der Waals surface area (Å²) in [6.07, 6.45) is 0.898. The minimum Gasteiger partial charge on any atom is -0.393 e. The van der Waals surface area contributed by atoms with Crippen molar-refractivity contribution in [1.29, 1.82) is 0 Å². The first kappa shape index (κ1) is 13.3. The molecule has 0 saturated carbocycles. The molecule has 1 aliphatic heterocycles. The van der Waals surface area contributed by atoms with Gasteiger partial charge in [0.15, 0.2) is 0 Å².